The highest BCUT2D eigenvalue weighted by Crippen LogP contribution is 2.33. The van der Waals surface area contributed by atoms with Gasteiger partial charge in [0.25, 0.3) is 5.78 Å². The first kappa shape index (κ1) is 13.4. The van der Waals surface area contributed by atoms with E-state index in [1.807, 2.05) is 31.2 Å². The fourth-order valence-electron chi connectivity index (χ4n) is 2.10. The van der Waals surface area contributed by atoms with E-state index in [-0.39, 0.29) is 0 Å². The summed E-state index contributed by atoms with van der Waals surface area (Å²) in [5, 5.41) is 7.26. The van der Waals surface area contributed by atoms with Gasteiger partial charge < -0.3 is 0 Å². The molecule has 0 radical (unpaired) electrons. The molecule has 4 aromatic rings. The molecule has 0 unspecified atom stereocenters. The van der Waals surface area contributed by atoms with Crippen LogP contribution in [0.5, 0.6) is 0 Å². The summed E-state index contributed by atoms with van der Waals surface area (Å²) < 4.78 is 2.71. The van der Waals surface area contributed by atoms with Crippen LogP contribution < -0.4 is 0 Å². The molecule has 0 aliphatic rings. The molecule has 0 saturated carbocycles. The van der Waals surface area contributed by atoms with Gasteiger partial charge in [-0.05, 0) is 24.8 Å². The van der Waals surface area contributed by atoms with E-state index < -0.39 is 0 Å². The summed E-state index contributed by atoms with van der Waals surface area (Å²) in [6.07, 6.45) is 1.52. The molecule has 4 rings (SSSR count). The molecule has 0 N–H and O–H groups in total. The smallest absolute Gasteiger partial charge is 0.229 e. The van der Waals surface area contributed by atoms with Crippen molar-refractivity contribution in [3.8, 4) is 11.3 Å². The molecule has 0 atom stereocenters. The maximum atomic E-state index is 4.70. The quantitative estimate of drug-likeness (QED) is 0.538. The standard InChI is InChI=1S/C15H11N5S2/c1-10-7-13(20-14(18-10)16-9-17-20)22-15-19-12(8-21-15)11-5-3-2-4-6-11/h2-9H,1H3. The average molecular weight is 325 g/mol. The summed E-state index contributed by atoms with van der Waals surface area (Å²) in [5.41, 5.74) is 3.04. The Labute approximate surface area is 135 Å². The van der Waals surface area contributed by atoms with Gasteiger partial charge in [0, 0.05) is 16.6 Å². The lowest BCUT2D eigenvalue weighted by atomic mass is 10.2. The molecule has 108 valence electrons. The molecule has 0 aliphatic carbocycles. The second-order valence-electron chi connectivity index (χ2n) is 4.67. The minimum Gasteiger partial charge on any atom is -0.229 e. The molecule has 0 aliphatic heterocycles. The van der Waals surface area contributed by atoms with E-state index in [1.54, 1.807) is 27.6 Å². The van der Waals surface area contributed by atoms with E-state index in [0.717, 1.165) is 26.3 Å². The van der Waals surface area contributed by atoms with Gasteiger partial charge in [0.15, 0.2) is 4.34 Å². The van der Waals surface area contributed by atoms with E-state index in [2.05, 4.69) is 32.6 Å². The van der Waals surface area contributed by atoms with Crippen molar-refractivity contribution in [1.29, 1.82) is 0 Å². The zero-order chi connectivity index (χ0) is 14.9. The van der Waals surface area contributed by atoms with Crippen LogP contribution in [0.25, 0.3) is 17.0 Å². The van der Waals surface area contributed by atoms with E-state index >= 15 is 0 Å². The molecule has 5 nitrogen and oxygen atoms in total. The molecule has 22 heavy (non-hydrogen) atoms. The van der Waals surface area contributed by atoms with Gasteiger partial charge >= 0.3 is 0 Å². The van der Waals surface area contributed by atoms with Gasteiger partial charge in [-0.3, -0.25) is 0 Å². The summed E-state index contributed by atoms with van der Waals surface area (Å²) >= 11 is 3.21. The number of fused-ring (bicyclic) bond motifs is 1. The predicted molar refractivity (Wildman–Crippen MR) is 87.2 cm³/mol. The summed E-state index contributed by atoms with van der Waals surface area (Å²) in [7, 11) is 0. The Morgan fingerprint density at radius 2 is 2.00 bits per heavy atom. The summed E-state index contributed by atoms with van der Waals surface area (Å²) in [6, 6.07) is 12.2. The zero-order valence-corrected chi connectivity index (χ0v) is 13.3. The zero-order valence-electron chi connectivity index (χ0n) is 11.7. The Kier molecular flexibility index (Phi) is 3.36. The second-order valence-corrected chi connectivity index (χ2v) is 6.80. The molecule has 0 saturated heterocycles. The number of aromatic nitrogens is 5. The second kappa shape index (κ2) is 5.51. The number of rotatable bonds is 3. The lowest BCUT2D eigenvalue weighted by Crippen LogP contribution is -1.96. The van der Waals surface area contributed by atoms with Crippen LogP contribution in [0, 0.1) is 6.92 Å². The average Bonchev–Trinajstić information content (AvgIpc) is 3.17. The van der Waals surface area contributed by atoms with Crippen molar-refractivity contribution in [2.45, 2.75) is 16.3 Å². The van der Waals surface area contributed by atoms with Crippen molar-refractivity contribution in [3.63, 3.8) is 0 Å². The SMILES string of the molecule is Cc1cc(Sc2nc(-c3ccccc3)cs2)n2ncnc2n1. The van der Waals surface area contributed by atoms with E-state index in [1.165, 1.54) is 6.33 Å². The van der Waals surface area contributed by atoms with Gasteiger partial charge in [0.1, 0.15) is 11.4 Å². The first-order valence-corrected chi connectivity index (χ1v) is 8.35. The van der Waals surface area contributed by atoms with Gasteiger partial charge in [0.2, 0.25) is 0 Å². The van der Waals surface area contributed by atoms with Crippen LogP contribution in [-0.2, 0) is 0 Å². The predicted octanol–water partition coefficient (Wildman–Crippen LogP) is 3.71. The van der Waals surface area contributed by atoms with Crippen LogP contribution in [0.4, 0.5) is 0 Å². The van der Waals surface area contributed by atoms with E-state index in [4.69, 9.17) is 4.98 Å². The lowest BCUT2D eigenvalue weighted by molar-refractivity contribution is 0.833. The normalized spacial score (nSPS) is 11.1. The minimum absolute atomic E-state index is 0.613. The first-order chi connectivity index (χ1) is 10.8. The number of thiazole rings is 1. The molecular formula is C15H11N5S2. The van der Waals surface area contributed by atoms with Gasteiger partial charge in [-0.2, -0.15) is 14.6 Å². The van der Waals surface area contributed by atoms with Crippen LogP contribution in [0.15, 0.2) is 57.5 Å². The van der Waals surface area contributed by atoms with Crippen molar-refractivity contribution in [2.24, 2.45) is 0 Å². The van der Waals surface area contributed by atoms with Gasteiger partial charge in [0.05, 0.1) is 5.69 Å². The van der Waals surface area contributed by atoms with Crippen LogP contribution in [-0.4, -0.2) is 24.6 Å². The van der Waals surface area contributed by atoms with Crippen molar-refractivity contribution in [3.05, 3.63) is 53.8 Å². The Bertz CT molecular complexity index is 929. The maximum absolute atomic E-state index is 4.70. The molecule has 0 fully saturated rings. The molecule has 7 heteroatoms. The molecule has 0 spiro atoms. The largest absolute Gasteiger partial charge is 0.253 e. The van der Waals surface area contributed by atoms with Gasteiger partial charge in [-0.15, -0.1) is 11.3 Å². The molecule has 1 aromatic carbocycles. The number of hydrogen-bond donors (Lipinski definition) is 0. The molecule has 0 amide bonds. The first-order valence-electron chi connectivity index (χ1n) is 6.66. The molecule has 3 aromatic heterocycles. The monoisotopic (exact) mass is 325 g/mol. The van der Waals surface area contributed by atoms with Crippen LogP contribution in [0.3, 0.4) is 0 Å². The fraction of sp³-hybridized carbons (Fsp3) is 0.0667. The summed E-state index contributed by atoms with van der Waals surface area (Å²) in [4.78, 5) is 13.2. The summed E-state index contributed by atoms with van der Waals surface area (Å²) in [5.74, 6) is 0.613. The van der Waals surface area contributed by atoms with Crippen molar-refractivity contribution in [1.82, 2.24) is 24.6 Å². The topological polar surface area (TPSA) is 56.0 Å². The fourth-order valence-corrected chi connectivity index (χ4v) is 4.02. The van der Waals surface area contributed by atoms with E-state index in [0.29, 0.717) is 5.78 Å². The van der Waals surface area contributed by atoms with Crippen molar-refractivity contribution in [2.75, 3.05) is 0 Å². The highest BCUT2D eigenvalue weighted by atomic mass is 32.2. The molecule has 3 heterocycles. The Hall–Kier alpha value is -2.25. The van der Waals surface area contributed by atoms with Crippen molar-refractivity contribution < 1.29 is 0 Å². The van der Waals surface area contributed by atoms with Crippen LogP contribution in [0.1, 0.15) is 5.69 Å². The van der Waals surface area contributed by atoms with Crippen LogP contribution >= 0.6 is 23.1 Å². The minimum atomic E-state index is 0.613. The highest BCUT2D eigenvalue weighted by Gasteiger charge is 2.11. The van der Waals surface area contributed by atoms with Crippen LogP contribution in [0.2, 0.25) is 0 Å². The summed E-state index contributed by atoms with van der Waals surface area (Å²) in [6.45, 7) is 1.95. The Morgan fingerprint density at radius 3 is 2.86 bits per heavy atom. The van der Waals surface area contributed by atoms with Gasteiger partial charge in [-0.1, -0.05) is 30.3 Å². The molecular weight excluding hydrogens is 314 g/mol. The Balaban J connectivity index is 1.69. The number of aryl methyl sites for hydroxylation is 1. The maximum Gasteiger partial charge on any atom is 0.253 e. The Morgan fingerprint density at radius 1 is 1.14 bits per heavy atom. The number of hydrogen-bond acceptors (Lipinski definition) is 6. The van der Waals surface area contributed by atoms with E-state index in [9.17, 15) is 0 Å². The number of benzene rings is 1. The molecule has 0 bridgehead atoms. The third-order valence-electron chi connectivity index (χ3n) is 3.09. The third-order valence-corrected chi connectivity index (χ3v) is 5.03. The third kappa shape index (κ3) is 2.49. The number of nitrogens with zero attached hydrogens (tertiary/aromatic N) is 5. The lowest BCUT2D eigenvalue weighted by Gasteiger charge is -2.02. The highest BCUT2D eigenvalue weighted by molar-refractivity contribution is 8.01. The van der Waals surface area contributed by atoms with Crippen molar-refractivity contribution >= 4 is 28.9 Å². The van der Waals surface area contributed by atoms with Gasteiger partial charge in [-0.25, -0.2) is 9.97 Å².